The highest BCUT2D eigenvalue weighted by atomic mass is 16.5. The van der Waals surface area contributed by atoms with Crippen molar-refractivity contribution in [2.24, 2.45) is 5.92 Å². The molecule has 1 atom stereocenters. The Kier molecular flexibility index (Phi) is 6.60. The molecule has 1 rings (SSSR count). The van der Waals surface area contributed by atoms with Gasteiger partial charge in [0.05, 0.1) is 13.0 Å². The molecular weight excluding hydrogens is 278 g/mol. The van der Waals surface area contributed by atoms with Gasteiger partial charge in [-0.15, -0.1) is 0 Å². The molecule has 4 heteroatoms. The van der Waals surface area contributed by atoms with Crippen LogP contribution in [0.25, 0.3) is 0 Å². The lowest BCUT2D eigenvalue weighted by molar-refractivity contribution is -0.148. The van der Waals surface area contributed by atoms with Gasteiger partial charge >= 0.3 is 5.97 Å². The first kappa shape index (κ1) is 18.2. The Morgan fingerprint density at radius 2 is 1.68 bits per heavy atom. The van der Waals surface area contributed by atoms with E-state index in [0.717, 1.165) is 16.7 Å². The highest BCUT2D eigenvalue weighted by Crippen LogP contribution is 2.17. The largest absolute Gasteiger partial charge is 0.464 e. The second kappa shape index (κ2) is 7.97. The van der Waals surface area contributed by atoms with Gasteiger partial charge in [0.25, 0.3) is 0 Å². The van der Waals surface area contributed by atoms with Crippen LogP contribution in [-0.4, -0.2) is 24.5 Å². The van der Waals surface area contributed by atoms with E-state index >= 15 is 0 Å². The van der Waals surface area contributed by atoms with Crippen LogP contribution in [-0.2, 0) is 20.7 Å². The number of carbonyl (C=O) groups is 2. The number of hydrogen-bond donors (Lipinski definition) is 1. The third kappa shape index (κ3) is 4.86. The van der Waals surface area contributed by atoms with Gasteiger partial charge in [0, 0.05) is 0 Å². The second-order valence-corrected chi connectivity index (χ2v) is 6.10. The number of benzene rings is 1. The number of nitrogens with one attached hydrogen (secondary N) is 1. The van der Waals surface area contributed by atoms with Crippen molar-refractivity contribution in [3.63, 3.8) is 0 Å². The van der Waals surface area contributed by atoms with E-state index in [2.05, 4.69) is 17.4 Å². The van der Waals surface area contributed by atoms with Crippen LogP contribution >= 0.6 is 0 Å². The Hall–Kier alpha value is -1.84. The molecule has 0 saturated carbocycles. The number of ether oxygens (including phenoxy) is 1. The molecule has 4 nitrogen and oxygen atoms in total. The van der Waals surface area contributed by atoms with E-state index in [0.29, 0.717) is 6.61 Å². The molecule has 0 bridgehead atoms. The van der Waals surface area contributed by atoms with Gasteiger partial charge in [-0.25, -0.2) is 4.79 Å². The van der Waals surface area contributed by atoms with Gasteiger partial charge in [-0.2, -0.15) is 0 Å². The molecule has 0 aliphatic heterocycles. The topological polar surface area (TPSA) is 55.4 Å². The first-order chi connectivity index (χ1) is 10.3. The molecule has 1 N–H and O–H groups in total. The minimum Gasteiger partial charge on any atom is -0.464 e. The van der Waals surface area contributed by atoms with Crippen LogP contribution in [0.15, 0.2) is 12.1 Å². The number of carbonyl (C=O) groups excluding carboxylic acids is 2. The number of rotatable bonds is 6. The zero-order chi connectivity index (χ0) is 16.9. The molecule has 122 valence electrons. The quantitative estimate of drug-likeness (QED) is 0.822. The van der Waals surface area contributed by atoms with Gasteiger partial charge in [-0.3, -0.25) is 4.79 Å². The average Bonchev–Trinajstić information content (AvgIpc) is 2.40. The minimum absolute atomic E-state index is 0.0109. The van der Waals surface area contributed by atoms with E-state index in [9.17, 15) is 9.59 Å². The molecule has 1 unspecified atom stereocenters. The third-order valence-corrected chi connectivity index (χ3v) is 3.70. The lowest BCUT2D eigenvalue weighted by atomic mass is 9.96. The highest BCUT2D eigenvalue weighted by molar-refractivity contribution is 5.86. The Morgan fingerprint density at radius 3 is 2.14 bits per heavy atom. The molecule has 0 spiro atoms. The summed E-state index contributed by atoms with van der Waals surface area (Å²) in [5.74, 6) is -0.534. The smallest absolute Gasteiger partial charge is 0.328 e. The lowest BCUT2D eigenvalue weighted by Crippen LogP contribution is -2.46. The predicted octanol–water partition coefficient (Wildman–Crippen LogP) is 2.86. The second-order valence-electron chi connectivity index (χ2n) is 6.10. The summed E-state index contributed by atoms with van der Waals surface area (Å²) < 4.78 is 5.03. The van der Waals surface area contributed by atoms with E-state index in [4.69, 9.17) is 4.74 Å². The van der Waals surface area contributed by atoms with Crippen LogP contribution in [0, 0.1) is 26.7 Å². The Bertz CT molecular complexity index is 526. The lowest BCUT2D eigenvalue weighted by Gasteiger charge is -2.21. The van der Waals surface area contributed by atoms with Gasteiger partial charge in [0.1, 0.15) is 6.04 Å². The zero-order valence-electron chi connectivity index (χ0n) is 14.4. The third-order valence-electron chi connectivity index (χ3n) is 3.70. The SMILES string of the molecule is CCOC(=O)C(NC(=O)Cc1c(C)cc(C)cc1C)C(C)C. The van der Waals surface area contributed by atoms with E-state index in [1.165, 1.54) is 5.56 Å². The van der Waals surface area contributed by atoms with Crippen molar-refractivity contribution in [3.8, 4) is 0 Å². The van der Waals surface area contributed by atoms with Crippen molar-refractivity contribution in [2.75, 3.05) is 6.61 Å². The van der Waals surface area contributed by atoms with Crippen LogP contribution in [0.3, 0.4) is 0 Å². The van der Waals surface area contributed by atoms with Gasteiger partial charge < -0.3 is 10.1 Å². The zero-order valence-corrected chi connectivity index (χ0v) is 14.4. The highest BCUT2D eigenvalue weighted by Gasteiger charge is 2.25. The molecule has 0 radical (unpaired) electrons. The fourth-order valence-corrected chi connectivity index (χ4v) is 2.60. The summed E-state index contributed by atoms with van der Waals surface area (Å²) in [4.78, 5) is 24.2. The van der Waals surface area contributed by atoms with E-state index in [1.54, 1.807) is 6.92 Å². The van der Waals surface area contributed by atoms with Gasteiger partial charge in [0.2, 0.25) is 5.91 Å². The molecule has 0 aliphatic rings. The first-order valence-electron chi connectivity index (χ1n) is 7.79. The van der Waals surface area contributed by atoms with Crippen molar-refractivity contribution in [1.29, 1.82) is 0 Å². The Labute approximate surface area is 133 Å². The van der Waals surface area contributed by atoms with E-state index in [1.807, 2.05) is 34.6 Å². The molecule has 0 saturated heterocycles. The monoisotopic (exact) mass is 305 g/mol. The van der Waals surface area contributed by atoms with Crippen molar-refractivity contribution in [3.05, 3.63) is 34.4 Å². The number of amides is 1. The maximum absolute atomic E-state index is 12.3. The molecule has 22 heavy (non-hydrogen) atoms. The molecule has 1 amide bonds. The minimum atomic E-state index is -0.599. The van der Waals surface area contributed by atoms with Gasteiger partial charge in [-0.1, -0.05) is 31.5 Å². The fourth-order valence-electron chi connectivity index (χ4n) is 2.60. The van der Waals surface area contributed by atoms with Crippen LogP contribution in [0.2, 0.25) is 0 Å². The summed E-state index contributed by atoms with van der Waals surface area (Å²) in [7, 11) is 0. The van der Waals surface area contributed by atoms with Gasteiger partial charge in [-0.05, 0) is 50.3 Å². The summed E-state index contributed by atoms with van der Waals surface area (Å²) >= 11 is 0. The number of esters is 1. The molecule has 1 aromatic carbocycles. The first-order valence-corrected chi connectivity index (χ1v) is 7.79. The van der Waals surface area contributed by atoms with Crippen LogP contribution in [0.5, 0.6) is 0 Å². The van der Waals surface area contributed by atoms with Crippen molar-refractivity contribution < 1.29 is 14.3 Å². The molecule has 0 aliphatic carbocycles. The molecular formula is C18H27NO3. The molecule has 0 heterocycles. The van der Waals surface area contributed by atoms with Crippen LogP contribution in [0.4, 0.5) is 0 Å². The van der Waals surface area contributed by atoms with E-state index in [-0.39, 0.29) is 24.2 Å². The van der Waals surface area contributed by atoms with Crippen molar-refractivity contribution >= 4 is 11.9 Å². The fraction of sp³-hybridized carbons (Fsp3) is 0.556. The van der Waals surface area contributed by atoms with E-state index < -0.39 is 6.04 Å². The predicted molar refractivity (Wildman–Crippen MR) is 87.8 cm³/mol. The molecule has 0 fully saturated rings. The summed E-state index contributed by atoms with van der Waals surface area (Å²) in [5, 5.41) is 2.81. The van der Waals surface area contributed by atoms with Crippen molar-refractivity contribution in [1.82, 2.24) is 5.32 Å². The summed E-state index contributed by atoms with van der Waals surface area (Å²) in [6.07, 6.45) is 0.278. The van der Waals surface area contributed by atoms with Crippen LogP contribution in [0.1, 0.15) is 43.0 Å². The summed E-state index contributed by atoms with van der Waals surface area (Å²) in [6.45, 7) is 11.9. The maximum atomic E-state index is 12.3. The number of aryl methyl sites for hydroxylation is 3. The maximum Gasteiger partial charge on any atom is 0.328 e. The average molecular weight is 305 g/mol. The normalized spacial score (nSPS) is 12.1. The summed E-state index contributed by atoms with van der Waals surface area (Å²) in [5.41, 5.74) is 4.41. The standard InChI is InChI=1S/C18H27NO3/c1-7-22-18(21)17(11(2)3)19-16(20)10-15-13(5)8-12(4)9-14(15)6/h8-9,11,17H,7,10H2,1-6H3,(H,19,20). The number of hydrogen-bond acceptors (Lipinski definition) is 3. The van der Waals surface area contributed by atoms with Gasteiger partial charge in [0.15, 0.2) is 0 Å². The van der Waals surface area contributed by atoms with Crippen LogP contribution < -0.4 is 5.32 Å². The molecule has 0 aromatic heterocycles. The Morgan fingerprint density at radius 1 is 1.14 bits per heavy atom. The summed E-state index contributed by atoms with van der Waals surface area (Å²) in [6, 6.07) is 3.54. The Balaban J connectivity index is 2.82. The molecule has 1 aromatic rings. The van der Waals surface area contributed by atoms with Crippen molar-refractivity contribution in [2.45, 2.75) is 54.0 Å².